The Balaban J connectivity index is 2.14. The molecule has 0 radical (unpaired) electrons. The van der Waals surface area contributed by atoms with Gasteiger partial charge in [0.25, 0.3) is 0 Å². The van der Waals surface area contributed by atoms with E-state index in [9.17, 15) is 0 Å². The highest BCUT2D eigenvalue weighted by atomic mass is 35.5. The van der Waals surface area contributed by atoms with Crippen molar-refractivity contribution in [2.24, 2.45) is 0 Å². The van der Waals surface area contributed by atoms with Crippen LogP contribution in [-0.4, -0.2) is 9.78 Å². The summed E-state index contributed by atoms with van der Waals surface area (Å²) in [6.45, 7) is 5.26. The summed E-state index contributed by atoms with van der Waals surface area (Å²) in [7, 11) is 0. The third-order valence-corrected chi connectivity index (χ3v) is 3.04. The fourth-order valence-electron chi connectivity index (χ4n) is 1.69. The zero-order valence-electron chi connectivity index (χ0n) is 10.5. The maximum absolute atomic E-state index is 6.04. The highest BCUT2D eigenvalue weighted by molar-refractivity contribution is 6.32. The molecule has 96 valence electrons. The molecule has 0 bridgehead atoms. The molecule has 0 amide bonds. The number of nitrogens with zero attached hydrogens (tertiary/aromatic N) is 2. The third kappa shape index (κ3) is 2.59. The first-order valence-corrected chi connectivity index (χ1v) is 6.19. The van der Waals surface area contributed by atoms with Crippen LogP contribution in [0, 0.1) is 6.92 Å². The molecule has 2 aromatic rings. The second kappa shape index (κ2) is 5.31. The van der Waals surface area contributed by atoms with Gasteiger partial charge in [-0.05, 0) is 26.0 Å². The van der Waals surface area contributed by atoms with E-state index in [4.69, 9.17) is 22.1 Å². The van der Waals surface area contributed by atoms with Gasteiger partial charge in [0, 0.05) is 18.3 Å². The Morgan fingerprint density at radius 2 is 2.22 bits per heavy atom. The monoisotopic (exact) mass is 265 g/mol. The normalized spacial score (nSPS) is 10.6. The van der Waals surface area contributed by atoms with Gasteiger partial charge in [-0.1, -0.05) is 17.7 Å². The molecule has 2 N–H and O–H groups in total. The lowest BCUT2D eigenvalue weighted by atomic mass is 10.2. The molecule has 18 heavy (non-hydrogen) atoms. The number of rotatable bonds is 4. The van der Waals surface area contributed by atoms with Gasteiger partial charge in [0.05, 0.1) is 16.4 Å². The predicted molar refractivity (Wildman–Crippen MR) is 72.8 cm³/mol. The topological polar surface area (TPSA) is 53.1 Å². The number of hydrogen-bond acceptors (Lipinski definition) is 3. The molecule has 0 unspecified atom stereocenters. The summed E-state index contributed by atoms with van der Waals surface area (Å²) < 4.78 is 7.56. The van der Waals surface area contributed by atoms with E-state index in [0.717, 1.165) is 17.8 Å². The standard InChI is InChI=1S/C13H16ClN3O/c1-3-17-7-10(9(2)16-17)8-18-13-11(14)5-4-6-12(13)15/h4-7H,3,8,15H2,1-2H3. The van der Waals surface area contributed by atoms with Gasteiger partial charge in [0.1, 0.15) is 6.61 Å². The summed E-state index contributed by atoms with van der Waals surface area (Å²) in [5.41, 5.74) is 8.37. The Bertz CT molecular complexity index is 531. The minimum atomic E-state index is 0.416. The molecule has 1 aromatic heterocycles. The Kier molecular flexibility index (Phi) is 3.77. The zero-order chi connectivity index (χ0) is 13.1. The molecule has 0 aliphatic heterocycles. The smallest absolute Gasteiger partial charge is 0.161 e. The van der Waals surface area contributed by atoms with Gasteiger partial charge in [-0.3, -0.25) is 4.68 Å². The molecule has 0 fully saturated rings. The van der Waals surface area contributed by atoms with Crippen molar-refractivity contribution >= 4 is 17.3 Å². The van der Waals surface area contributed by atoms with Crippen LogP contribution in [-0.2, 0) is 13.2 Å². The van der Waals surface area contributed by atoms with Crippen molar-refractivity contribution in [2.75, 3.05) is 5.73 Å². The Morgan fingerprint density at radius 3 is 2.83 bits per heavy atom. The van der Waals surface area contributed by atoms with Crippen molar-refractivity contribution in [1.29, 1.82) is 0 Å². The van der Waals surface area contributed by atoms with Crippen LogP contribution in [0.15, 0.2) is 24.4 Å². The first kappa shape index (κ1) is 12.8. The third-order valence-electron chi connectivity index (χ3n) is 2.74. The van der Waals surface area contributed by atoms with Crippen molar-refractivity contribution < 1.29 is 4.74 Å². The van der Waals surface area contributed by atoms with Gasteiger partial charge in [-0.15, -0.1) is 0 Å². The zero-order valence-corrected chi connectivity index (χ0v) is 11.2. The summed E-state index contributed by atoms with van der Waals surface area (Å²) in [5.74, 6) is 0.530. The Hall–Kier alpha value is -1.68. The summed E-state index contributed by atoms with van der Waals surface area (Å²) in [4.78, 5) is 0. The van der Waals surface area contributed by atoms with E-state index in [-0.39, 0.29) is 0 Å². The molecule has 2 rings (SSSR count). The van der Waals surface area contributed by atoms with Gasteiger partial charge in [0.2, 0.25) is 0 Å². The van der Waals surface area contributed by atoms with Gasteiger partial charge in [0.15, 0.2) is 5.75 Å². The molecule has 0 aliphatic rings. The first-order valence-electron chi connectivity index (χ1n) is 5.81. The van der Waals surface area contributed by atoms with Crippen LogP contribution in [0.1, 0.15) is 18.2 Å². The number of benzene rings is 1. The minimum absolute atomic E-state index is 0.416. The lowest BCUT2D eigenvalue weighted by Gasteiger charge is -2.09. The van der Waals surface area contributed by atoms with E-state index < -0.39 is 0 Å². The number of ether oxygens (including phenoxy) is 1. The minimum Gasteiger partial charge on any atom is -0.485 e. The number of anilines is 1. The molecule has 0 aliphatic carbocycles. The van der Waals surface area contributed by atoms with Crippen molar-refractivity contribution in [1.82, 2.24) is 9.78 Å². The second-order valence-corrected chi connectivity index (χ2v) is 4.45. The fourth-order valence-corrected chi connectivity index (χ4v) is 1.93. The van der Waals surface area contributed by atoms with Crippen LogP contribution in [0.3, 0.4) is 0 Å². The molecular weight excluding hydrogens is 250 g/mol. The largest absolute Gasteiger partial charge is 0.485 e. The molecule has 5 heteroatoms. The molecule has 4 nitrogen and oxygen atoms in total. The molecule has 0 saturated heterocycles. The molecule has 0 spiro atoms. The van der Waals surface area contributed by atoms with E-state index in [1.807, 2.05) is 24.7 Å². The maximum Gasteiger partial charge on any atom is 0.161 e. The number of aromatic nitrogens is 2. The summed E-state index contributed by atoms with van der Waals surface area (Å²) >= 11 is 6.04. The number of nitrogen functional groups attached to an aromatic ring is 1. The van der Waals surface area contributed by atoms with Gasteiger partial charge < -0.3 is 10.5 Å². The van der Waals surface area contributed by atoms with Crippen LogP contribution < -0.4 is 10.5 Å². The van der Waals surface area contributed by atoms with Crippen LogP contribution in [0.2, 0.25) is 5.02 Å². The second-order valence-electron chi connectivity index (χ2n) is 4.04. The highest BCUT2D eigenvalue weighted by Crippen LogP contribution is 2.31. The van der Waals surface area contributed by atoms with Crippen molar-refractivity contribution in [3.05, 3.63) is 40.7 Å². The molecular formula is C13H16ClN3O. The number of hydrogen-bond donors (Lipinski definition) is 1. The van der Waals surface area contributed by atoms with E-state index in [0.29, 0.717) is 23.1 Å². The molecule has 1 heterocycles. The summed E-state index contributed by atoms with van der Waals surface area (Å²) in [6, 6.07) is 5.32. The highest BCUT2D eigenvalue weighted by Gasteiger charge is 2.09. The number of halogens is 1. The molecule has 1 aromatic carbocycles. The average molecular weight is 266 g/mol. The van der Waals surface area contributed by atoms with Crippen molar-refractivity contribution in [3.63, 3.8) is 0 Å². The first-order chi connectivity index (χ1) is 8.61. The van der Waals surface area contributed by atoms with Crippen molar-refractivity contribution in [2.45, 2.75) is 27.0 Å². The van der Waals surface area contributed by atoms with Gasteiger partial charge in [-0.25, -0.2) is 0 Å². The predicted octanol–water partition coefficient (Wildman–Crippen LogP) is 3.03. The fraction of sp³-hybridized carbons (Fsp3) is 0.308. The SMILES string of the molecule is CCn1cc(COc2c(N)cccc2Cl)c(C)n1. The van der Waals surface area contributed by atoms with Gasteiger partial charge >= 0.3 is 0 Å². The van der Waals surface area contributed by atoms with E-state index in [2.05, 4.69) is 5.10 Å². The molecule has 0 atom stereocenters. The van der Waals surface area contributed by atoms with E-state index in [1.165, 1.54) is 0 Å². The van der Waals surface area contributed by atoms with Crippen LogP contribution in [0.25, 0.3) is 0 Å². The molecule has 0 saturated carbocycles. The average Bonchev–Trinajstić information content (AvgIpc) is 2.70. The summed E-state index contributed by atoms with van der Waals surface area (Å²) in [6.07, 6.45) is 1.97. The lowest BCUT2D eigenvalue weighted by Crippen LogP contribution is -1.99. The summed E-state index contributed by atoms with van der Waals surface area (Å²) in [5, 5.41) is 4.88. The Labute approximate surface area is 111 Å². The lowest BCUT2D eigenvalue weighted by molar-refractivity contribution is 0.307. The van der Waals surface area contributed by atoms with Gasteiger partial charge in [-0.2, -0.15) is 5.10 Å². The van der Waals surface area contributed by atoms with Crippen molar-refractivity contribution in [3.8, 4) is 5.75 Å². The number of para-hydroxylation sites is 1. The van der Waals surface area contributed by atoms with E-state index >= 15 is 0 Å². The Morgan fingerprint density at radius 1 is 1.44 bits per heavy atom. The number of aryl methyl sites for hydroxylation is 2. The maximum atomic E-state index is 6.04. The van der Waals surface area contributed by atoms with Crippen LogP contribution in [0.4, 0.5) is 5.69 Å². The quantitative estimate of drug-likeness (QED) is 0.865. The number of nitrogens with two attached hydrogens (primary N) is 1. The van der Waals surface area contributed by atoms with Crippen LogP contribution >= 0.6 is 11.6 Å². The van der Waals surface area contributed by atoms with Crippen LogP contribution in [0.5, 0.6) is 5.75 Å². The van der Waals surface area contributed by atoms with E-state index in [1.54, 1.807) is 18.2 Å².